The molecule has 1 aliphatic carbocycles. The van der Waals surface area contributed by atoms with Crippen LogP contribution in [0.2, 0.25) is 0 Å². The van der Waals surface area contributed by atoms with Crippen LogP contribution in [0.25, 0.3) is 47.6 Å². The maximum atomic E-state index is 2.49. The number of hydrogen-bond donors (Lipinski definition) is 0. The summed E-state index contributed by atoms with van der Waals surface area (Å²) in [5.41, 5.74) is 8.94. The molecule has 8 rings (SSSR count). The zero-order valence-corrected chi connectivity index (χ0v) is 24.0. The predicted octanol–water partition coefficient (Wildman–Crippen LogP) is 11.8. The van der Waals surface area contributed by atoms with E-state index in [1.165, 1.54) is 70.3 Å². The molecule has 200 valence electrons. The van der Waals surface area contributed by atoms with Gasteiger partial charge >= 0.3 is 0 Å². The third-order valence-electron chi connectivity index (χ3n) is 8.40. The highest BCUT2D eigenvalue weighted by Gasteiger charge is 2.21. The van der Waals surface area contributed by atoms with Gasteiger partial charge in [0.05, 0.1) is 5.69 Å². The van der Waals surface area contributed by atoms with Crippen LogP contribution in [0.3, 0.4) is 0 Å². The van der Waals surface area contributed by atoms with Gasteiger partial charge in [0.25, 0.3) is 0 Å². The van der Waals surface area contributed by atoms with E-state index in [1.54, 1.807) is 0 Å². The Bertz CT molecular complexity index is 2130. The van der Waals surface area contributed by atoms with Crippen molar-refractivity contribution in [2.24, 2.45) is 0 Å². The zero-order chi connectivity index (χ0) is 27.9. The summed E-state index contributed by atoms with van der Waals surface area (Å²) in [6.45, 7) is 0. The van der Waals surface area contributed by atoms with Gasteiger partial charge < -0.3 is 4.90 Å². The van der Waals surface area contributed by atoms with Crippen molar-refractivity contribution < 1.29 is 0 Å². The molecule has 0 bridgehead atoms. The molecule has 0 saturated heterocycles. The van der Waals surface area contributed by atoms with E-state index in [0.29, 0.717) is 0 Å². The number of benzene rings is 6. The van der Waals surface area contributed by atoms with Crippen LogP contribution in [0, 0.1) is 0 Å². The molecule has 6 aromatic carbocycles. The summed E-state index contributed by atoms with van der Waals surface area (Å²) in [7, 11) is 0. The van der Waals surface area contributed by atoms with Crippen LogP contribution >= 0.6 is 11.3 Å². The van der Waals surface area contributed by atoms with E-state index in [9.17, 15) is 0 Å². The van der Waals surface area contributed by atoms with Gasteiger partial charge in [-0.25, -0.2) is 0 Å². The minimum absolute atomic E-state index is 0.970. The molecule has 0 amide bonds. The van der Waals surface area contributed by atoms with Gasteiger partial charge in [-0.3, -0.25) is 0 Å². The molecule has 1 nitrogen and oxygen atoms in total. The third kappa shape index (κ3) is 4.41. The number of fused-ring (bicyclic) bond motifs is 4. The van der Waals surface area contributed by atoms with Gasteiger partial charge in [0.15, 0.2) is 0 Å². The number of thiophene rings is 1. The standard InChI is InChI=1S/C40H29NS/c1-2-9-28(10-3-1)29-17-19-30(20-18-29)31-21-23-33(24-22-31)41(38-15-8-12-32-11-4-5-13-35(32)38)34-25-26-40-37(27-34)36-14-6-7-16-39(36)42-40/h1-21,23,25-27H,22,24H2. The van der Waals surface area contributed by atoms with Crippen molar-refractivity contribution in [1.29, 1.82) is 0 Å². The lowest BCUT2D eigenvalue weighted by Crippen LogP contribution is -2.18. The first kappa shape index (κ1) is 24.8. The maximum absolute atomic E-state index is 2.49. The van der Waals surface area contributed by atoms with Crippen molar-refractivity contribution in [2.75, 3.05) is 4.90 Å². The van der Waals surface area contributed by atoms with E-state index in [-0.39, 0.29) is 0 Å². The molecule has 0 aliphatic heterocycles. The number of allylic oxidation sites excluding steroid dienone is 4. The van der Waals surface area contributed by atoms with Crippen molar-refractivity contribution in [1.82, 2.24) is 0 Å². The summed E-state index contributed by atoms with van der Waals surface area (Å²) < 4.78 is 2.67. The van der Waals surface area contributed by atoms with Crippen LogP contribution in [0.1, 0.15) is 18.4 Å². The SMILES string of the molecule is C1=C(c2ccc(-c3ccccc3)cc2)CCC(N(c2ccc3sc4ccccc4c3c2)c2cccc3ccccc23)=C1. The largest absolute Gasteiger partial charge is 0.314 e. The molecule has 2 heteroatoms. The lowest BCUT2D eigenvalue weighted by molar-refractivity contribution is 0.932. The quantitative estimate of drug-likeness (QED) is 0.204. The summed E-state index contributed by atoms with van der Waals surface area (Å²) >= 11 is 1.87. The van der Waals surface area contributed by atoms with E-state index >= 15 is 0 Å². The lowest BCUT2D eigenvalue weighted by atomic mass is 9.93. The summed E-state index contributed by atoms with van der Waals surface area (Å²) in [5, 5.41) is 5.18. The maximum Gasteiger partial charge on any atom is 0.0536 e. The van der Waals surface area contributed by atoms with Crippen LogP contribution in [0.4, 0.5) is 11.4 Å². The second kappa shape index (κ2) is 10.5. The Morgan fingerprint density at radius 3 is 2.00 bits per heavy atom. The first-order valence-electron chi connectivity index (χ1n) is 14.6. The highest BCUT2D eigenvalue weighted by Crippen LogP contribution is 2.42. The van der Waals surface area contributed by atoms with Crippen LogP contribution in [-0.4, -0.2) is 0 Å². The number of anilines is 2. The molecule has 1 aromatic heterocycles. The summed E-state index contributed by atoms with van der Waals surface area (Å²) in [6, 6.07) is 50.7. The Morgan fingerprint density at radius 1 is 0.476 bits per heavy atom. The van der Waals surface area contributed by atoms with Crippen LogP contribution in [-0.2, 0) is 0 Å². The average molecular weight is 556 g/mol. The van der Waals surface area contributed by atoms with Crippen LogP contribution < -0.4 is 4.90 Å². The van der Waals surface area contributed by atoms with Gasteiger partial charge in [-0.2, -0.15) is 0 Å². The van der Waals surface area contributed by atoms with Gasteiger partial charge in [-0.05, 0) is 76.9 Å². The second-order valence-electron chi connectivity index (χ2n) is 10.9. The minimum atomic E-state index is 0.970. The molecule has 0 N–H and O–H groups in total. The fourth-order valence-corrected chi connectivity index (χ4v) is 7.36. The number of rotatable bonds is 5. The second-order valence-corrected chi connectivity index (χ2v) is 12.0. The lowest BCUT2D eigenvalue weighted by Gasteiger charge is -2.31. The Hall–Kier alpha value is -4.92. The van der Waals surface area contributed by atoms with Gasteiger partial charge in [-0.15, -0.1) is 11.3 Å². The Morgan fingerprint density at radius 2 is 1.17 bits per heavy atom. The highest BCUT2D eigenvalue weighted by molar-refractivity contribution is 7.25. The molecule has 1 aliphatic rings. The third-order valence-corrected chi connectivity index (χ3v) is 9.56. The molecule has 0 unspecified atom stereocenters. The van der Waals surface area contributed by atoms with Crippen molar-refractivity contribution in [3.8, 4) is 11.1 Å². The smallest absolute Gasteiger partial charge is 0.0536 e. The summed E-state index contributed by atoms with van der Waals surface area (Å²) in [4.78, 5) is 2.49. The fourth-order valence-electron chi connectivity index (χ4n) is 6.28. The molecule has 7 aromatic rings. The van der Waals surface area contributed by atoms with E-state index in [1.807, 2.05) is 11.3 Å². The van der Waals surface area contributed by atoms with Crippen molar-refractivity contribution >= 4 is 59.2 Å². The van der Waals surface area contributed by atoms with Gasteiger partial charge in [0.1, 0.15) is 0 Å². The predicted molar refractivity (Wildman–Crippen MR) is 183 cm³/mol. The van der Waals surface area contributed by atoms with Crippen molar-refractivity contribution in [2.45, 2.75) is 12.8 Å². The monoisotopic (exact) mass is 555 g/mol. The molecule has 1 heterocycles. The molecular formula is C40H29NS. The summed E-state index contributed by atoms with van der Waals surface area (Å²) in [6.07, 6.45) is 6.63. The molecule has 0 saturated carbocycles. The van der Waals surface area contributed by atoms with Crippen LogP contribution in [0.5, 0.6) is 0 Å². The zero-order valence-electron chi connectivity index (χ0n) is 23.2. The van der Waals surface area contributed by atoms with Crippen LogP contribution in [0.15, 0.2) is 157 Å². The minimum Gasteiger partial charge on any atom is -0.314 e. The number of nitrogens with zero attached hydrogens (tertiary/aromatic N) is 1. The Balaban J connectivity index is 1.23. The normalized spacial score (nSPS) is 13.3. The molecule has 0 spiro atoms. The fraction of sp³-hybridized carbons (Fsp3) is 0.0500. The van der Waals surface area contributed by atoms with E-state index in [4.69, 9.17) is 0 Å². The van der Waals surface area contributed by atoms with Crippen molar-refractivity contribution in [3.63, 3.8) is 0 Å². The first-order chi connectivity index (χ1) is 20.8. The molecule has 42 heavy (non-hydrogen) atoms. The van der Waals surface area contributed by atoms with E-state index in [0.717, 1.165) is 12.8 Å². The summed E-state index contributed by atoms with van der Waals surface area (Å²) in [5.74, 6) is 0. The molecule has 0 radical (unpaired) electrons. The van der Waals surface area contributed by atoms with Gasteiger partial charge in [0, 0.05) is 36.9 Å². The topological polar surface area (TPSA) is 3.24 Å². The van der Waals surface area contributed by atoms with E-state index < -0.39 is 0 Å². The van der Waals surface area contributed by atoms with Gasteiger partial charge in [-0.1, -0.05) is 115 Å². The first-order valence-corrected chi connectivity index (χ1v) is 15.4. The average Bonchev–Trinajstić information content (AvgIpc) is 3.44. The highest BCUT2D eigenvalue weighted by atomic mass is 32.1. The Kier molecular flexibility index (Phi) is 6.20. The molecular weight excluding hydrogens is 527 g/mol. The van der Waals surface area contributed by atoms with Crippen molar-refractivity contribution in [3.05, 3.63) is 163 Å². The van der Waals surface area contributed by atoms with E-state index in [2.05, 4.69) is 157 Å². The Labute approximate surface area is 250 Å². The number of hydrogen-bond acceptors (Lipinski definition) is 2. The molecule has 0 atom stereocenters. The molecule has 0 fully saturated rings. The van der Waals surface area contributed by atoms with Gasteiger partial charge in [0.2, 0.25) is 0 Å².